The van der Waals surface area contributed by atoms with Crippen LogP contribution in [0.1, 0.15) is 18.1 Å². The van der Waals surface area contributed by atoms with Gasteiger partial charge in [0.15, 0.2) is 11.5 Å². The standard InChI is InChI=1S/C11H15NO2/c1-7-3-9(4-8(2)12)5-10-11(7)14-6-13-10/h3,5,8H,4,6,12H2,1-2H3. The van der Waals surface area contributed by atoms with Gasteiger partial charge in [-0.2, -0.15) is 0 Å². The highest BCUT2D eigenvalue weighted by atomic mass is 16.7. The summed E-state index contributed by atoms with van der Waals surface area (Å²) in [7, 11) is 0. The van der Waals surface area contributed by atoms with Gasteiger partial charge in [0.05, 0.1) is 0 Å². The van der Waals surface area contributed by atoms with Crippen LogP contribution in [0.3, 0.4) is 0 Å². The second-order valence-corrected chi connectivity index (χ2v) is 3.83. The maximum Gasteiger partial charge on any atom is 0.231 e. The highest BCUT2D eigenvalue weighted by molar-refractivity contribution is 5.50. The van der Waals surface area contributed by atoms with E-state index in [9.17, 15) is 0 Å². The molecule has 3 heteroatoms. The smallest absolute Gasteiger partial charge is 0.231 e. The van der Waals surface area contributed by atoms with Crippen LogP contribution < -0.4 is 15.2 Å². The summed E-state index contributed by atoms with van der Waals surface area (Å²) in [5.74, 6) is 1.72. The monoisotopic (exact) mass is 193 g/mol. The lowest BCUT2D eigenvalue weighted by molar-refractivity contribution is 0.173. The van der Waals surface area contributed by atoms with Gasteiger partial charge in [0.2, 0.25) is 6.79 Å². The fourth-order valence-electron chi connectivity index (χ4n) is 1.75. The third-order valence-corrected chi connectivity index (χ3v) is 2.28. The predicted octanol–water partition coefficient (Wildman–Crippen LogP) is 1.61. The van der Waals surface area contributed by atoms with Crippen molar-refractivity contribution in [3.05, 3.63) is 23.3 Å². The number of rotatable bonds is 2. The maximum atomic E-state index is 5.75. The Morgan fingerprint density at radius 3 is 2.93 bits per heavy atom. The fraction of sp³-hybridized carbons (Fsp3) is 0.455. The second-order valence-electron chi connectivity index (χ2n) is 3.83. The van der Waals surface area contributed by atoms with E-state index >= 15 is 0 Å². The van der Waals surface area contributed by atoms with Crippen molar-refractivity contribution in [3.8, 4) is 11.5 Å². The first-order valence-electron chi connectivity index (χ1n) is 4.81. The van der Waals surface area contributed by atoms with Crippen molar-refractivity contribution in [3.63, 3.8) is 0 Å². The van der Waals surface area contributed by atoms with Crippen molar-refractivity contribution in [1.29, 1.82) is 0 Å². The molecule has 0 saturated heterocycles. The molecule has 0 saturated carbocycles. The molecule has 76 valence electrons. The van der Waals surface area contributed by atoms with Crippen molar-refractivity contribution in [1.82, 2.24) is 0 Å². The van der Waals surface area contributed by atoms with Crippen molar-refractivity contribution in [2.24, 2.45) is 5.73 Å². The average Bonchev–Trinajstić information content (AvgIpc) is 2.50. The quantitative estimate of drug-likeness (QED) is 0.776. The third-order valence-electron chi connectivity index (χ3n) is 2.28. The van der Waals surface area contributed by atoms with E-state index in [-0.39, 0.29) is 6.04 Å². The lowest BCUT2D eigenvalue weighted by Gasteiger charge is -2.08. The summed E-state index contributed by atoms with van der Waals surface area (Å²) in [6.45, 7) is 4.36. The highest BCUT2D eigenvalue weighted by Crippen LogP contribution is 2.36. The molecular weight excluding hydrogens is 178 g/mol. The Morgan fingerprint density at radius 2 is 2.21 bits per heavy atom. The van der Waals surface area contributed by atoms with E-state index in [0.717, 1.165) is 23.5 Å². The van der Waals surface area contributed by atoms with Gasteiger partial charge in [0.1, 0.15) is 0 Å². The molecule has 1 aromatic carbocycles. The molecule has 1 unspecified atom stereocenters. The fourth-order valence-corrected chi connectivity index (χ4v) is 1.75. The van der Waals surface area contributed by atoms with Crippen LogP contribution in [0.4, 0.5) is 0 Å². The van der Waals surface area contributed by atoms with Gasteiger partial charge in [-0.3, -0.25) is 0 Å². The Labute approximate surface area is 83.8 Å². The molecule has 0 aliphatic carbocycles. The van der Waals surface area contributed by atoms with Gasteiger partial charge in [-0.15, -0.1) is 0 Å². The predicted molar refractivity (Wildman–Crippen MR) is 54.7 cm³/mol. The van der Waals surface area contributed by atoms with Crippen LogP contribution >= 0.6 is 0 Å². The van der Waals surface area contributed by atoms with Gasteiger partial charge in [-0.1, -0.05) is 6.07 Å². The van der Waals surface area contributed by atoms with Crippen LogP contribution in [0.2, 0.25) is 0 Å². The first-order chi connectivity index (χ1) is 6.66. The van der Waals surface area contributed by atoms with Gasteiger partial charge >= 0.3 is 0 Å². The van der Waals surface area contributed by atoms with Gasteiger partial charge in [-0.05, 0) is 37.5 Å². The average molecular weight is 193 g/mol. The van der Waals surface area contributed by atoms with Crippen LogP contribution in [-0.2, 0) is 6.42 Å². The van der Waals surface area contributed by atoms with Crippen molar-refractivity contribution in [2.75, 3.05) is 6.79 Å². The summed E-state index contributed by atoms with van der Waals surface area (Å²) in [5.41, 5.74) is 8.08. The number of hydrogen-bond donors (Lipinski definition) is 1. The van der Waals surface area contributed by atoms with Crippen LogP contribution in [0.15, 0.2) is 12.1 Å². The number of nitrogens with two attached hydrogens (primary N) is 1. The zero-order valence-electron chi connectivity index (χ0n) is 8.54. The molecule has 14 heavy (non-hydrogen) atoms. The molecule has 1 aliphatic rings. The van der Waals surface area contributed by atoms with E-state index < -0.39 is 0 Å². The van der Waals surface area contributed by atoms with Crippen molar-refractivity contribution < 1.29 is 9.47 Å². The van der Waals surface area contributed by atoms with E-state index in [0.29, 0.717) is 6.79 Å². The number of fused-ring (bicyclic) bond motifs is 1. The Bertz CT molecular complexity index is 347. The maximum absolute atomic E-state index is 5.75. The summed E-state index contributed by atoms with van der Waals surface area (Å²) in [5, 5.41) is 0. The molecule has 2 rings (SSSR count). The minimum atomic E-state index is 0.176. The molecule has 0 bridgehead atoms. The molecule has 0 spiro atoms. The number of hydrogen-bond acceptors (Lipinski definition) is 3. The molecule has 2 N–H and O–H groups in total. The van der Waals surface area contributed by atoms with Crippen molar-refractivity contribution in [2.45, 2.75) is 26.3 Å². The Balaban J connectivity index is 2.32. The summed E-state index contributed by atoms with van der Waals surface area (Å²) in [6.07, 6.45) is 0.872. The second kappa shape index (κ2) is 3.50. The Hall–Kier alpha value is -1.22. The number of aryl methyl sites for hydroxylation is 1. The zero-order chi connectivity index (χ0) is 10.1. The zero-order valence-corrected chi connectivity index (χ0v) is 8.54. The Kier molecular flexibility index (Phi) is 2.33. The van der Waals surface area contributed by atoms with Gasteiger partial charge in [0.25, 0.3) is 0 Å². The number of benzene rings is 1. The lowest BCUT2D eigenvalue weighted by atomic mass is 10.0. The summed E-state index contributed by atoms with van der Waals surface area (Å²) in [4.78, 5) is 0. The molecule has 1 atom stereocenters. The molecule has 0 fully saturated rings. The summed E-state index contributed by atoms with van der Waals surface area (Å²) in [6, 6.07) is 4.30. The van der Waals surface area contributed by atoms with Gasteiger partial charge in [-0.25, -0.2) is 0 Å². The molecule has 1 heterocycles. The number of ether oxygens (including phenoxy) is 2. The lowest BCUT2D eigenvalue weighted by Crippen LogP contribution is -2.17. The van der Waals surface area contributed by atoms with E-state index in [1.165, 1.54) is 5.56 Å². The molecule has 0 aromatic heterocycles. The van der Waals surface area contributed by atoms with Crippen LogP contribution in [0, 0.1) is 6.92 Å². The van der Waals surface area contributed by atoms with Gasteiger partial charge < -0.3 is 15.2 Å². The van der Waals surface area contributed by atoms with E-state index in [1.54, 1.807) is 0 Å². The summed E-state index contributed by atoms with van der Waals surface area (Å²) < 4.78 is 10.7. The van der Waals surface area contributed by atoms with Crippen LogP contribution in [-0.4, -0.2) is 12.8 Å². The normalized spacial score (nSPS) is 15.6. The largest absolute Gasteiger partial charge is 0.454 e. The minimum absolute atomic E-state index is 0.176. The SMILES string of the molecule is Cc1cc(CC(C)N)cc2c1OCO2. The molecule has 1 aliphatic heterocycles. The summed E-state index contributed by atoms with van der Waals surface area (Å²) >= 11 is 0. The molecule has 0 radical (unpaired) electrons. The topological polar surface area (TPSA) is 44.5 Å². The molecule has 1 aromatic rings. The van der Waals surface area contributed by atoms with E-state index in [1.807, 2.05) is 19.9 Å². The van der Waals surface area contributed by atoms with E-state index in [4.69, 9.17) is 15.2 Å². The third kappa shape index (κ3) is 1.68. The molecule has 3 nitrogen and oxygen atoms in total. The van der Waals surface area contributed by atoms with E-state index in [2.05, 4.69) is 6.07 Å². The Morgan fingerprint density at radius 1 is 1.43 bits per heavy atom. The van der Waals surface area contributed by atoms with Crippen LogP contribution in [0.5, 0.6) is 11.5 Å². The van der Waals surface area contributed by atoms with Crippen molar-refractivity contribution >= 4 is 0 Å². The highest BCUT2D eigenvalue weighted by Gasteiger charge is 2.16. The minimum Gasteiger partial charge on any atom is -0.454 e. The molecular formula is C11H15NO2. The first kappa shape index (κ1) is 9.34. The van der Waals surface area contributed by atoms with Gasteiger partial charge in [0, 0.05) is 6.04 Å². The first-order valence-corrected chi connectivity index (χ1v) is 4.81. The molecule has 0 amide bonds. The van der Waals surface area contributed by atoms with Crippen LogP contribution in [0.25, 0.3) is 0 Å².